The van der Waals surface area contributed by atoms with Crippen molar-refractivity contribution >= 4 is 17.5 Å². The largest absolute Gasteiger partial charge is 0.491 e. The van der Waals surface area contributed by atoms with E-state index >= 15 is 0 Å². The predicted molar refractivity (Wildman–Crippen MR) is 94.1 cm³/mol. The fourth-order valence-corrected chi connectivity index (χ4v) is 2.29. The van der Waals surface area contributed by atoms with Crippen LogP contribution in [0, 0.1) is 0 Å². The van der Waals surface area contributed by atoms with Crippen molar-refractivity contribution in [2.45, 2.75) is 32.7 Å². The quantitative estimate of drug-likeness (QED) is 0.777. The highest BCUT2D eigenvalue weighted by Gasteiger charge is 2.34. The SMILES string of the molecule is CC(C)Oc1ccccc1CNC(=O)C(=O)Nc1ccccc1C(F)(F)F. The number of benzene rings is 2. The third-order valence-electron chi connectivity index (χ3n) is 3.46. The normalized spacial score (nSPS) is 11.2. The van der Waals surface area contributed by atoms with E-state index in [1.807, 2.05) is 19.2 Å². The second-order valence-electron chi connectivity index (χ2n) is 5.95. The number of para-hydroxylation sites is 2. The van der Waals surface area contributed by atoms with Crippen molar-refractivity contribution in [3.63, 3.8) is 0 Å². The topological polar surface area (TPSA) is 67.4 Å². The van der Waals surface area contributed by atoms with Gasteiger partial charge in [-0.2, -0.15) is 13.2 Å². The van der Waals surface area contributed by atoms with Crippen LogP contribution in [0.1, 0.15) is 25.0 Å². The highest BCUT2D eigenvalue weighted by molar-refractivity contribution is 6.39. The lowest BCUT2D eigenvalue weighted by Crippen LogP contribution is -2.35. The molecule has 2 aromatic carbocycles. The van der Waals surface area contributed by atoms with E-state index in [4.69, 9.17) is 4.74 Å². The van der Waals surface area contributed by atoms with Gasteiger partial charge < -0.3 is 15.4 Å². The van der Waals surface area contributed by atoms with Gasteiger partial charge in [-0.15, -0.1) is 0 Å². The summed E-state index contributed by atoms with van der Waals surface area (Å²) in [7, 11) is 0. The Balaban J connectivity index is 2.03. The Morgan fingerprint density at radius 2 is 1.63 bits per heavy atom. The number of hydrogen-bond acceptors (Lipinski definition) is 3. The van der Waals surface area contributed by atoms with Gasteiger partial charge in [0.15, 0.2) is 0 Å². The molecule has 0 heterocycles. The van der Waals surface area contributed by atoms with Crippen molar-refractivity contribution in [1.82, 2.24) is 5.32 Å². The number of carbonyl (C=O) groups is 2. The zero-order valence-electron chi connectivity index (χ0n) is 14.8. The first-order chi connectivity index (χ1) is 12.7. The minimum atomic E-state index is -4.65. The van der Waals surface area contributed by atoms with Gasteiger partial charge >= 0.3 is 18.0 Å². The van der Waals surface area contributed by atoms with Crippen molar-refractivity contribution < 1.29 is 27.5 Å². The highest BCUT2D eigenvalue weighted by atomic mass is 19.4. The molecule has 5 nitrogen and oxygen atoms in total. The average Bonchev–Trinajstić information content (AvgIpc) is 2.59. The van der Waals surface area contributed by atoms with Crippen LogP contribution in [-0.2, 0) is 22.3 Å². The van der Waals surface area contributed by atoms with Crippen LogP contribution >= 0.6 is 0 Å². The molecule has 0 saturated carbocycles. The summed E-state index contributed by atoms with van der Waals surface area (Å²) in [6.45, 7) is 3.69. The molecule has 2 rings (SSSR count). The Labute approximate surface area is 154 Å². The highest BCUT2D eigenvalue weighted by Crippen LogP contribution is 2.34. The Hall–Kier alpha value is -3.03. The number of anilines is 1. The minimum Gasteiger partial charge on any atom is -0.491 e. The standard InChI is InChI=1S/C19H19F3N2O3/c1-12(2)27-16-10-6-3-7-13(16)11-23-17(25)18(26)24-15-9-5-4-8-14(15)19(20,21)22/h3-10,12H,11H2,1-2H3,(H,23,25)(H,24,26). The first-order valence-corrected chi connectivity index (χ1v) is 8.18. The van der Waals surface area contributed by atoms with Crippen LogP contribution in [-0.4, -0.2) is 17.9 Å². The van der Waals surface area contributed by atoms with Crippen molar-refractivity contribution in [1.29, 1.82) is 0 Å². The third-order valence-corrected chi connectivity index (χ3v) is 3.46. The van der Waals surface area contributed by atoms with Crippen molar-refractivity contribution in [3.8, 4) is 5.75 Å². The van der Waals surface area contributed by atoms with Gasteiger partial charge in [0.1, 0.15) is 5.75 Å². The molecule has 2 amide bonds. The first kappa shape index (κ1) is 20.3. The Morgan fingerprint density at radius 3 is 2.30 bits per heavy atom. The van der Waals surface area contributed by atoms with E-state index in [1.165, 1.54) is 12.1 Å². The maximum Gasteiger partial charge on any atom is 0.418 e. The summed E-state index contributed by atoms with van der Waals surface area (Å²) in [5, 5.41) is 4.38. The Morgan fingerprint density at radius 1 is 1.00 bits per heavy atom. The summed E-state index contributed by atoms with van der Waals surface area (Å²) in [4.78, 5) is 23.9. The van der Waals surface area contributed by atoms with E-state index < -0.39 is 29.2 Å². The van der Waals surface area contributed by atoms with Crippen LogP contribution in [0.3, 0.4) is 0 Å². The van der Waals surface area contributed by atoms with E-state index in [2.05, 4.69) is 5.32 Å². The number of nitrogens with one attached hydrogen (secondary N) is 2. The molecule has 2 N–H and O–H groups in total. The van der Waals surface area contributed by atoms with Crippen LogP contribution in [0.25, 0.3) is 0 Å². The van der Waals surface area contributed by atoms with Gasteiger partial charge in [-0.1, -0.05) is 30.3 Å². The van der Waals surface area contributed by atoms with E-state index in [0.717, 1.165) is 12.1 Å². The van der Waals surface area contributed by atoms with Crippen LogP contribution < -0.4 is 15.4 Å². The molecular formula is C19H19F3N2O3. The molecule has 0 radical (unpaired) electrons. The molecular weight excluding hydrogens is 361 g/mol. The molecule has 0 saturated heterocycles. The van der Waals surface area contributed by atoms with Crippen molar-refractivity contribution in [3.05, 3.63) is 59.7 Å². The molecule has 0 fully saturated rings. The molecule has 27 heavy (non-hydrogen) atoms. The van der Waals surface area contributed by atoms with Crippen LogP contribution in [0.5, 0.6) is 5.75 Å². The monoisotopic (exact) mass is 380 g/mol. The molecule has 0 aromatic heterocycles. The molecule has 0 aliphatic heterocycles. The summed E-state index contributed by atoms with van der Waals surface area (Å²) in [5.41, 5.74) is -0.862. The summed E-state index contributed by atoms with van der Waals surface area (Å²) >= 11 is 0. The second kappa shape index (κ2) is 8.57. The van der Waals surface area contributed by atoms with Gasteiger partial charge in [0.05, 0.1) is 17.4 Å². The smallest absolute Gasteiger partial charge is 0.418 e. The number of carbonyl (C=O) groups excluding carboxylic acids is 2. The van der Waals surface area contributed by atoms with Gasteiger partial charge in [-0.25, -0.2) is 0 Å². The van der Waals surface area contributed by atoms with Crippen LogP contribution in [0.2, 0.25) is 0 Å². The number of hydrogen-bond donors (Lipinski definition) is 2. The molecule has 0 aliphatic carbocycles. The molecule has 0 unspecified atom stereocenters. The Bertz CT molecular complexity index is 820. The lowest BCUT2D eigenvalue weighted by molar-refractivity contribution is -0.138. The maximum absolute atomic E-state index is 13.0. The number of rotatable bonds is 5. The number of halogens is 3. The molecule has 0 bridgehead atoms. The van der Waals surface area contributed by atoms with E-state index in [0.29, 0.717) is 11.3 Å². The van der Waals surface area contributed by atoms with E-state index in [-0.39, 0.29) is 12.6 Å². The summed E-state index contributed by atoms with van der Waals surface area (Å²) < 4.78 is 44.5. The van der Waals surface area contributed by atoms with Gasteiger partial charge in [0.2, 0.25) is 0 Å². The van der Waals surface area contributed by atoms with E-state index in [1.54, 1.807) is 24.3 Å². The second-order valence-corrected chi connectivity index (χ2v) is 5.95. The molecule has 0 atom stereocenters. The molecule has 0 aliphatic rings. The lowest BCUT2D eigenvalue weighted by Gasteiger charge is -2.15. The lowest BCUT2D eigenvalue weighted by atomic mass is 10.1. The first-order valence-electron chi connectivity index (χ1n) is 8.18. The maximum atomic E-state index is 13.0. The Kier molecular flexibility index (Phi) is 6.44. The molecule has 2 aromatic rings. The fraction of sp³-hybridized carbons (Fsp3) is 0.263. The van der Waals surface area contributed by atoms with E-state index in [9.17, 15) is 22.8 Å². The van der Waals surface area contributed by atoms with Crippen molar-refractivity contribution in [2.24, 2.45) is 0 Å². The van der Waals surface area contributed by atoms with Gasteiger partial charge in [0.25, 0.3) is 0 Å². The average molecular weight is 380 g/mol. The number of ether oxygens (including phenoxy) is 1. The summed E-state index contributed by atoms with van der Waals surface area (Å²) in [6.07, 6.45) is -4.72. The molecule has 144 valence electrons. The summed E-state index contributed by atoms with van der Waals surface area (Å²) in [5.74, 6) is -1.68. The summed E-state index contributed by atoms with van der Waals surface area (Å²) in [6, 6.07) is 11.4. The van der Waals surface area contributed by atoms with Gasteiger partial charge in [-0.3, -0.25) is 9.59 Å². The predicted octanol–water partition coefficient (Wildman–Crippen LogP) is 3.75. The minimum absolute atomic E-state index is 0.00390. The van der Waals surface area contributed by atoms with Gasteiger partial charge in [0, 0.05) is 12.1 Å². The fourth-order valence-electron chi connectivity index (χ4n) is 2.29. The zero-order chi connectivity index (χ0) is 20.0. The van der Waals surface area contributed by atoms with Crippen LogP contribution in [0.4, 0.5) is 18.9 Å². The van der Waals surface area contributed by atoms with Crippen molar-refractivity contribution in [2.75, 3.05) is 5.32 Å². The molecule has 0 spiro atoms. The molecule has 8 heteroatoms. The number of alkyl halides is 3. The third kappa shape index (κ3) is 5.73. The zero-order valence-corrected chi connectivity index (χ0v) is 14.8. The number of amides is 2. The van der Waals surface area contributed by atoms with Gasteiger partial charge in [-0.05, 0) is 32.0 Å². The van der Waals surface area contributed by atoms with Crippen LogP contribution in [0.15, 0.2) is 48.5 Å².